The standard InChI is InChI=1S/C13H24N2OS/c16-13(15-9-7-14-8-10-15)6-11-17-12-4-2-1-3-5-12/h12,14H,1-11H2. The summed E-state index contributed by atoms with van der Waals surface area (Å²) in [5.74, 6) is 1.38. The topological polar surface area (TPSA) is 32.3 Å². The summed E-state index contributed by atoms with van der Waals surface area (Å²) in [6.07, 6.45) is 7.67. The van der Waals surface area contributed by atoms with Gasteiger partial charge in [0.05, 0.1) is 0 Å². The van der Waals surface area contributed by atoms with E-state index >= 15 is 0 Å². The van der Waals surface area contributed by atoms with Crippen molar-refractivity contribution in [1.29, 1.82) is 0 Å². The molecule has 0 aromatic heterocycles. The average Bonchev–Trinajstić information content (AvgIpc) is 2.41. The Morgan fingerprint density at radius 3 is 2.59 bits per heavy atom. The monoisotopic (exact) mass is 256 g/mol. The molecule has 0 spiro atoms. The lowest BCUT2D eigenvalue weighted by Gasteiger charge is -2.28. The SMILES string of the molecule is O=C(CCSC1CCCCC1)N1CCNCC1. The Balaban J connectivity index is 1.58. The molecule has 2 fully saturated rings. The average molecular weight is 256 g/mol. The van der Waals surface area contributed by atoms with Crippen LogP contribution in [-0.2, 0) is 4.79 Å². The van der Waals surface area contributed by atoms with Crippen LogP contribution in [-0.4, -0.2) is 48.0 Å². The minimum atomic E-state index is 0.356. The van der Waals surface area contributed by atoms with Crippen LogP contribution in [0, 0.1) is 0 Å². The molecule has 1 aliphatic heterocycles. The van der Waals surface area contributed by atoms with Gasteiger partial charge in [0.1, 0.15) is 0 Å². The number of nitrogens with one attached hydrogen (secondary N) is 1. The van der Waals surface area contributed by atoms with Crippen molar-refractivity contribution in [2.24, 2.45) is 0 Å². The summed E-state index contributed by atoms with van der Waals surface area (Å²) in [5, 5.41) is 4.11. The number of hydrogen-bond donors (Lipinski definition) is 1. The van der Waals surface area contributed by atoms with Gasteiger partial charge in [0, 0.05) is 43.6 Å². The summed E-state index contributed by atoms with van der Waals surface area (Å²) in [6.45, 7) is 3.71. The second-order valence-electron chi connectivity index (χ2n) is 5.01. The number of nitrogens with zero attached hydrogens (tertiary/aromatic N) is 1. The largest absolute Gasteiger partial charge is 0.340 e. The molecule has 0 unspecified atom stereocenters. The van der Waals surface area contributed by atoms with Crippen molar-refractivity contribution in [3.8, 4) is 0 Å². The molecule has 98 valence electrons. The lowest BCUT2D eigenvalue weighted by atomic mass is 10.0. The number of carbonyl (C=O) groups is 1. The highest BCUT2D eigenvalue weighted by Crippen LogP contribution is 2.28. The maximum absolute atomic E-state index is 11.9. The van der Waals surface area contributed by atoms with Crippen molar-refractivity contribution in [3.63, 3.8) is 0 Å². The molecule has 1 aliphatic carbocycles. The van der Waals surface area contributed by atoms with Crippen LogP contribution in [0.25, 0.3) is 0 Å². The van der Waals surface area contributed by atoms with Gasteiger partial charge in [-0.1, -0.05) is 19.3 Å². The van der Waals surface area contributed by atoms with E-state index in [1.165, 1.54) is 32.1 Å². The van der Waals surface area contributed by atoms with Crippen molar-refractivity contribution in [3.05, 3.63) is 0 Å². The van der Waals surface area contributed by atoms with E-state index in [0.717, 1.165) is 43.6 Å². The van der Waals surface area contributed by atoms with Crippen LogP contribution in [0.4, 0.5) is 0 Å². The molecule has 2 rings (SSSR count). The fourth-order valence-electron chi connectivity index (χ4n) is 2.62. The van der Waals surface area contributed by atoms with E-state index in [9.17, 15) is 4.79 Å². The molecule has 2 aliphatic rings. The molecule has 1 amide bonds. The fourth-order valence-corrected chi connectivity index (χ4v) is 3.91. The number of carbonyl (C=O) groups excluding carboxylic acids is 1. The highest BCUT2D eigenvalue weighted by Gasteiger charge is 2.17. The van der Waals surface area contributed by atoms with Crippen molar-refractivity contribution in [2.75, 3.05) is 31.9 Å². The molecular formula is C13H24N2OS. The summed E-state index contributed by atoms with van der Waals surface area (Å²) in [5.41, 5.74) is 0. The fraction of sp³-hybridized carbons (Fsp3) is 0.923. The van der Waals surface area contributed by atoms with Crippen LogP contribution in [0.3, 0.4) is 0 Å². The first-order chi connectivity index (χ1) is 8.36. The molecule has 1 heterocycles. The van der Waals surface area contributed by atoms with Gasteiger partial charge in [-0.25, -0.2) is 0 Å². The van der Waals surface area contributed by atoms with Gasteiger partial charge >= 0.3 is 0 Å². The van der Waals surface area contributed by atoms with E-state index in [4.69, 9.17) is 0 Å². The van der Waals surface area contributed by atoms with Crippen molar-refractivity contribution in [2.45, 2.75) is 43.8 Å². The molecular weight excluding hydrogens is 232 g/mol. The molecule has 1 N–H and O–H groups in total. The summed E-state index contributed by atoms with van der Waals surface area (Å²) >= 11 is 2.03. The second kappa shape index (κ2) is 7.27. The Hall–Kier alpha value is -0.220. The zero-order valence-corrected chi connectivity index (χ0v) is 11.4. The quantitative estimate of drug-likeness (QED) is 0.833. The van der Waals surface area contributed by atoms with Crippen LogP contribution in [0.1, 0.15) is 38.5 Å². The molecule has 1 saturated carbocycles. The third-order valence-corrected chi connectivity index (χ3v) is 5.07. The minimum absolute atomic E-state index is 0.356. The van der Waals surface area contributed by atoms with Gasteiger partial charge in [-0.2, -0.15) is 11.8 Å². The van der Waals surface area contributed by atoms with Gasteiger partial charge in [-0.05, 0) is 12.8 Å². The van der Waals surface area contributed by atoms with Crippen LogP contribution in [0.15, 0.2) is 0 Å². The van der Waals surface area contributed by atoms with E-state index in [0.29, 0.717) is 5.91 Å². The normalized spacial score (nSPS) is 22.7. The first-order valence-electron chi connectivity index (χ1n) is 6.96. The van der Waals surface area contributed by atoms with Crippen molar-refractivity contribution >= 4 is 17.7 Å². The van der Waals surface area contributed by atoms with Crippen LogP contribution < -0.4 is 5.32 Å². The number of amides is 1. The predicted octanol–water partition coefficient (Wildman–Crippen LogP) is 1.87. The highest BCUT2D eigenvalue weighted by molar-refractivity contribution is 7.99. The first-order valence-corrected chi connectivity index (χ1v) is 8.01. The van der Waals surface area contributed by atoms with Crippen LogP contribution in [0.2, 0.25) is 0 Å². The Labute approximate surface area is 109 Å². The highest BCUT2D eigenvalue weighted by atomic mass is 32.2. The summed E-state index contributed by atoms with van der Waals surface area (Å²) < 4.78 is 0. The molecule has 0 radical (unpaired) electrons. The summed E-state index contributed by atoms with van der Waals surface area (Å²) in [6, 6.07) is 0. The predicted molar refractivity (Wildman–Crippen MR) is 73.4 cm³/mol. The molecule has 0 atom stereocenters. The third kappa shape index (κ3) is 4.51. The van der Waals surface area contributed by atoms with Gasteiger partial charge in [0.15, 0.2) is 0 Å². The Morgan fingerprint density at radius 2 is 1.88 bits per heavy atom. The number of rotatable bonds is 4. The Bertz CT molecular complexity index is 236. The van der Waals surface area contributed by atoms with Gasteiger partial charge in [-0.15, -0.1) is 0 Å². The third-order valence-electron chi connectivity index (χ3n) is 3.69. The minimum Gasteiger partial charge on any atom is -0.340 e. The molecule has 1 saturated heterocycles. The zero-order valence-electron chi connectivity index (χ0n) is 10.6. The maximum Gasteiger partial charge on any atom is 0.223 e. The Morgan fingerprint density at radius 1 is 1.18 bits per heavy atom. The van der Waals surface area contributed by atoms with E-state index in [2.05, 4.69) is 5.32 Å². The second-order valence-corrected chi connectivity index (χ2v) is 6.42. The first kappa shape index (κ1) is 13.2. The number of hydrogen-bond acceptors (Lipinski definition) is 3. The zero-order chi connectivity index (χ0) is 11.9. The van der Waals surface area contributed by atoms with Crippen molar-refractivity contribution < 1.29 is 4.79 Å². The van der Waals surface area contributed by atoms with Gasteiger partial charge in [0.2, 0.25) is 5.91 Å². The van der Waals surface area contributed by atoms with Gasteiger partial charge in [-0.3, -0.25) is 4.79 Å². The van der Waals surface area contributed by atoms with Gasteiger partial charge < -0.3 is 10.2 Å². The summed E-state index contributed by atoms with van der Waals surface area (Å²) in [4.78, 5) is 13.9. The molecule has 0 aromatic rings. The van der Waals surface area contributed by atoms with Gasteiger partial charge in [0.25, 0.3) is 0 Å². The molecule has 0 aromatic carbocycles. The van der Waals surface area contributed by atoms with Crippen LogP contribution >= 0.6 is 11.8 Å². The van der Waals surface area contributed by atoms with E-state index in [1.54, 1.807) is 0 Å². The molecule has 0 bridgehead atoms. The lowest BCUT2D eigenvalue weighted by Crippen LogP contribution is -2.46. The lowest BCUT2D eigenvalue weighted by molar-refractivity contribution is -0.131. The van der Waals surface area contributed by atoms with Crippen LogP contribution in [0.5, 0.6) is 0 Å². The van der Waals surface area contributed by atoms with E-state index < -0.39 is 0 Å². The van der Waals surface area contributed by atoms with E-state index in [-0.39, 0.29) is 0 Å². The molecule has 3 nitrogen and oxygen atoms in total. The van der Waals surface area contributed by atoms with Crippen molar-refractivity contribution in [1.82, 2.24) is 10.2 Å². The molecule has 4 heteroatoms. The number of piperazine rings is 1. The molecule has 17 heavy (non-hydrogen) atoms. The number of thioether (sulfide) groups is 1. The van der Waals surface area contributed by atoms with E-state index in [1.807, 2.05) is 16.7 Å². The Kier molecular flexibility index (Phi) is 5.65. The summed E-state index contributed by atoms with van der Waals surface area (Å²) in [7, 11) is 0. The maximum atomic E-state index is 11.9. The smallest absolute Gasteiger partial charge is 0.223 e.